The summed E-state index contributed by atoms with van der Waals surface area (Å²) in [6, 6.07) is 4.45. The van der Waals surface area contributed by atoms with Gasteiger partial charge in [0.15, 0.2) is 11.6 Å². The molecule has 1 saturated heterocycles. The fourth-order valence-electron chi connectivity index (χ4n) is 2.56. The van der Waals surface area contributed by atoms with E-state index in [4.69, 9.17) is 4.74 Å². The van der Waals surface area contributed by atoms with Crippen LogP contribution in [0.1, 0.15) is 28.4 Å². The number of nitrogens with one attached hydrogen (secondary N) is 1. The largest absolute Gasteiger partial charge is 0.506 e. The SMILES string of the molecule is O=C(NC1CCOC1c1ccc(F)c(F)c1)c1cncc(O)c1. The highest BCUT2D eigenvalue weighted by Crippen LogP contribution is 2.30. The molecular weight excluding hydrogens is 306 g/mol. The van der Waals surface area contributed by atoms with E-state index in [-0.39, 0.29) is 17.4 Å². The maximum absolute atomic E-state index is 13.4. The minimum absolute atomic E-state index is 0.113. The van der Waals surface area contributed by atoms with Crippen LogP contribution in [0.25, 0.3) is 0 Å². The van der Waals surface area contributed by atoms with Crippen LogP contribution < -0.4 is 5.32 Å². The second-order valence-corrected chi connectivity index (χ2v) is 5.27. The Balaban J connectivity index is 1.76. The first kappa shape index (κ1) is 15.4. The van der Waals surface area contributed by atoms with E-state index in [1.807, 2.05) is 0 Å². The van der Waals surface area contributed by atoms with Gasteiger partial charge in [-0.15, -0.1) is 0 Å². The Morgan fingerprint density at radius 1 is 1.26 bits per heavy atom. The first-order chi connectivity index (χ1) is 11.0. The van der Waals surface area contributed by atoms with Crippen molar-refractivity contribution in [3.8, 4) is 5.75 Å². The lowest BCUT2D eigenvalue weighted by Gasteiger charge is -2.20. The van der Waals surface area contributed by atoms with Gasteiger partial charge in [-0.2, -0.15) is 0 Å². The molecule has 2 aromatic rings. The number of benzene rings is 1. The number of aromatic nitrogens is 1. The number of hydrogen-bond donors (Lipinski definition) is 2. The fraction of sp³-hybridized carbons (Fsp3) is 0.250. The molecule has 7 heteroatoms. The van der Waals surface area contributed by atoms with Gasteiger partial charge >= 0.3 is 0 Å². The molecule has 1 aliphatic rings. The number of aromatic hydroxyl groups is 1. The average Bonchev–Trinajstić information content (AvgIpc) is 2.98. The highest BCUT2D eigenvalue weighted by molar-refractivity contribution is 5.94. The molecular formula is C16H14F2N2O3. The number of carbonyl (C=O) groups excluding carboxylic acids is 1. The number of halogens is 2. The first-order valence-corrected chi connectivity index (χ1v) is 7.06. The second-order valence-electron chi connectivity index (χ2n) is 5.27. The third kappa shape index (κ3) is 3.29. The highest BCUT2D eigenvalue weighted by Gasteiger charge is 2.31. The van der Waals surface area contributed by atoms with Gasteiger partial charge in [-0.1, -0.05) is 6.07 Å². The van der Waals surface area contributed by atoms with Crippen molar-refractivity contribution in [3.05, 3.63) is 59.4 Å². The number of nitrogens with zero attached hydrogens (tertiary/aromatic N) is 1. The average molecular weight is 320 g/mol. The Labute approximate surface area is 130 Å². The summed E-state index contributed by atoms with van der Waals surface area (Å²) in [6.07, 6.45) is 2.54. The van der Waals surface area contributed by atoms with Gasteiger partial charge in [0.1, 0.15) is 11.9 Å². The summed E-state index contributed by atoms with van der Waals surface area (Å²) in [4.78, 5) is 15.9. The maximum atomic E-state index is 13.4. The molecule has 2 N–H and O–H groups in total. The van der Waals surface area contributed by atoms with Crippen LogP contribution in [0.15, 0.2) is 36.7 Å². The topological polar surface area (TPSA) is 71.5 Å². The molecule has 1 aromatic carbocycles. The van der Waals surface area contributed by atoms with Crippen LogP contribution in [0.4, 0.5) is 8.78 Å². The van der Waals surface area contributed by atoms with Gasteiger partial charge in [0.2, 0.25) is 0 Å². The smallest absolute Gasteiger partial charge is 0.253 e. The molecule has 120 valence electrons. The molecule has 0 saturated carbocycles. The number of rotatable bonds is 3. The summed E-state index contributed by atoms with van der Waals surface area (Å²) in [5.74, 6) is -2.42. The summed E-state index contributed by atoms with van der Waals surface area (Å²) < 4.78 is 32.0. The molecule has 2 unspecified atom stereocenters. The highest BCUT2D eigenvalue weighted by atomic mass is 19.2. The summed E-state index contributed by atoms with van der Waals surface area (Å²) in [5.41, 5.74) is 0.668. The molecule has 2 heterocycles. The van der Waals surface area contributed by atoms with Crippen molar-refractivity contribution in [2.75, 3.05) is 6.61 Å². The van der Waals surface area contributed by atoms with Gasteiger partial charge in [0.05, 0.1) is 17.8 Å². The van der Waals surface area contributed by atoms with Crippen LogP contribution in [0, 0.1) is 11.6 Å². The zero-order valence-electron chi connectivity index (χ0n) is 12.0. The van der Waals surface area contributed by atoms with Gasteiger partial charge in [0.25, 0.3) is 5.91 Å². The molecule has 0 bridgehead atoms. The van der Waals surface area contributed by atoms with Crippen LogP contribution in [-0.4, -0.2) is 28.6 Å². The Morgan fingerprint density at radius 2 is 2.09 bits per heavy atom. The van der Waals surface area contributed by atoms with Gasteiger partial charge < -0.3 is 15.2 Å². The summed E-state index contributed by atoms with van der Waals surface area (Å²) >= 11 is 0. The van der Waals surface area contributed by atoms with Gasteiger partial charge in [0, 0.05) is 12.8 Å². The lowest BCUT2D eigenvalue weighted by atomic mass is 10.0. The Hall–Kier alpha value is -2.54. The van der Waals surface area contributed by atoms with Crippen LogP contribution >= 0.6 is 0 Å². The Morgan fingerprint density at radius 3 is 2.83 bits per heavy atom. The van der Waals surface area contributed by atoms with Crippen LogP contribution in [0.5, 0.6) is 5.75 Å². The van der Waals surface area contributed by atoms with E-state index in [1.54, 1.807) is 0 Å². The third-order valence-corrected chi connectivity index (χ3v) is 3.67. The van der Waals surface area contributed by atoms with Crippen molar-refractivity contribution in [3.63, 3.8) is 0 Å². The molecule has 1 amide bonds. The summed E-state index contributed by atoms with van der Waals surface area (Å²) in [6.45, 7) is 0.396. The number of amides is 1. The predicted octanol–water partition coefficient (Wildman–Crippen LogP) is 2.33. The molecule has 1 aliphatic heterocycles. The van der Waals surface area contributed by atoms with Crippen molar-refractivity contribution >= 4 is 5.91 Å². The molecule has 1 fully saturated rings. The number of pyridine rings is 1. The van der Waals surface area contributed by atoms with Crippen molar-refractivity contribution in [1.82, 2.24) is 10.3 Å². The summed E-state index contributed by atoms with van der Waals surface area (Å²) in [5, 5.41) is 12.1. The van der Waals surface area contributed by atoms with Crippen molar-refractivity contribution in [1.29, 1.82) is 0 Å². The van der Waals surface area contributed by atoms with Crippen molar-refractivity contribution < 1.29 is 23.4 Å². The molecule has 2 atom stereocenters. The Kier molecular flexibility index (Phi) is 4.20. The fourth-order valence-corrected chi connectivity index (χ4v) is 2.56. The van der Waals surface area contributed by atoms with Gasteiger partial charge in [-0.05, 0) is 30.2 Å². The van der Waals surface area contributed by atoms with Crippen LogP contribution in [0.2, 0.25) is 0 Å². The molecule has 0 spiro atoms. The van der Waals surface area contributed by atoms with E-state index < -0.39 is 23.6 Å². The van der Waals surface area contributed by atoms with E-state index in [0.717, 1.165) is 12.1 Å². The first-order valence-electron chi connectivity index (χ1n) is 7.06. The van der Waals surface area contributed by atoms with E-state index in [2.05, 4.69) is 10.3 Å². The van der Waals surface area contributed by atoms with Crippen LogP contribution in [-0.2, 0) is 4.74 Å². The van der Waals surface area contributed by atoms with E-state index >= 15 is 0 Å². The molecule has 23 heavy (non-hydrogen) atoms. The van der Waals surface area contributed by atoms with E-state index in [0.29, 0.717) is 18.6 Å². The molecule has 5 nitrogen and oxygen atoms in total. The minimum atomic E-state index is -0.958. The van der Waals surface area contributed by atoms with E-state index in [9.17, 15) is 18.7 Å². The van der Waals surface area contributed by atoms with Crippen LogP contribution in [0.3, 0.4) is 0 Å². The second kappa shape index (κ2) is 6.29. The molecule has 0 aliphatic carbocycles. The number of ether oxygens (including phenoxy) is 1. The number of carbonyl (C=O) groups is 1. The normalized spacial score (nSPS) is 20.4. The standard InChI is InChI=1S/C16H14F2N2O3/c17-12-2-1-9(6-13(12)18)15-14(3-4-23-15)20-16(22)10-5-11(21)8-19-7-10/h1-2,5-8,14-15,21H,3-4H2,(H,20,22). The van der Waals surface area contributed by atoms with Gasteiger partial charge in [-0.25, -0.2) is 8.78 Å². The zero-order chi connectivity index (χ0) is 16.4. The van der Waals surface area contributed by atoms with Gasteiger partial charge in [-0.3, -0.25) is 9.78 Å². The minimum Gasteiger partial charge on any atom is -0.506 e. The van der Waals surface area contributed by atoms with Crippen molar-refractivity contribution in [2.45, 2.75) is 18.6 Å². The van der Waals surface area contributed by atoms with E-state index in [1.165, 1.54) is 24.5 Å². The predicted molar refractivity (Wildman–Crippen MR) is 76.8 cm³/mol. The van der Waals surface area contributed by atoms with Crippen molar-refractivity contribution in [2.24, 2.45) is 0 Å². The quantitative estimate of drug-likeness (QED) is 0.910. The summed E-state index contributed by atoms with van der Waals surface area (Å²) in [7, 11) is 0. The molecule has 1 aromatic heterocycles. The maximum Gasteiger partial charge on any atom is 0.253 e. The Bertz CT molecular complexity index is 739. The lowest BCUT2D eigenvalue weighted by Crippen LogP contribution is -2.36. The lowest BCUT2D eigenvalue weighted by molar-refractivity contribution is 0.0820. The monoisotopic (exact) mass is 320 g/mol. The molecule has 3 rings (SSSR count). The molecule has 0 radical (unpaired) electrons. The zero-order valence-corrected chi connectivity index (χ0v) is 12.0. The number of hydrogen-bond acceptors (Lipinski definition) is 4. The third-order valence-electron chi connectivity index (χ3n) is 3.67.